The summed E-state index contributed by atoms with van der Waals surface area (Å²) in [5.41, 5.74) is 2.25. The van der Waals surface area contributed by atoms with E-state index in [9.17, 15) is 9.59 Å². The molecule has 0 saturated heterocycles. The number of esters is 1. The van der Waals surface area contributed by atoms with Crippen molar-refractivity contribution < 1.29 is 23.7 Å². The number of methoxy groups -OCH3 is 1. The summed E-state index contributed by atoms with van der Waals surface area (Å²) in [6.45, 7) is 4.98. The number of benzene rings is 3. The Morgan fingerprint density at radius 2 is 1.68 bits per heavy atom. The molecular weight excluding hydrogens is 780 g/mol. The van der Waals surface area contributed by atoms with E-state index in [1.807, 2.05) is 56.3 Å². The van der Waals surface area contributed by atoms with E-state index >= 15 is 0 Å². The summed E-state index contributed by atoms with van der Waals surface area (Å²) >= 11 is 11.9. The van der Waals surface area contributed by atoms with Crippen molar-refractivity contribution in [2.75, 3.05) is 20.3 Å². The third-order valence-corrected chi connectivity index (χ3v) is 9.20. The highest BCUT2D eigenvalue weighted by molar-refractivity contribution is 9.11. The molecule has 5 rings (SSSR count). The third-order valence-electron chi connectivity index (χ3n) is 6.63. The normalized spacial score (nSPS) is 14.4. The number of hydrogen-bond donors (Lipinski definition) is 0. The van der Waals surface area contributed by atoms with Gasteiger partial charge in [-0.15, -0.1) is 0 Å². The first kappa shape index (κ1) is 32.2. The smallest absolute Gasteiger partial charge is 0.337 e. The van der Waals surface area contributed by atoms with Gasteiger partial charge in [0.25, 0.3) is 5.56 Å². The molecule has 0 N–H and O–H groups in total. The Morgan fingerprint density at radius 1 is 0.955 bits per heavy atom. The van der Waals surface area contributed by atoms with Gasteiger partial charge in [0.1, 0.15) is 12.4 Å². The number of rotatable bonds is 10. The van der Waals surface area contributed by atoms with Crippen molar-refractivity contribution in [3.63, 3.8) is 0 Å². The van der Waals surface area contributed by atoms with Crippen molar-refractivity contribution in [3.05, 3.63) is 116 Å². The molecule has 44 heavy (non-hydrogen) atoms. The van der Waals surface area contributed by atoms with Crippen molar-refractivity contribution in [1.82, 2.24) is 4.57 Å². The molecule has 1 aromatic heterocycles. The Labute approximate surface area is 283 Å². The van der Waals surface area contributed by atoms with E-state index < -0.39 is 12.0 Å². The average Bonchev–Trinajstić information content (AvgIpc) is 3.32. The van der Waals surface area contributed by atoms with E-state index in [1.165, 1.54) is 29.2 Å². The molecule has 0 saturated carbocycles. The number of halogens is 3. The van der Waals surface area contributed by atoms with E-state index in [4.69, 9.17) is 18.9 Å². The van der Waals surface area contributed by atoms with Crippen molar-refractivity contribution in [1.29, 1.82) is 0 Å². The SMILES string of the molecule is CCOc1ccc([C@@H]2C(C(=O)OC)=CN=c3s/c(=C/c4cc(Br)cc(Br)c4OCc4ccc(Br)cc4)c(=O)n32)cc1OCC. The van der Waals surface area contributed by atoms with Crippen molar-refractivity contribution in [2.24, 2.45) is 4.99 Å². The zero-order chi connectivity index (χ0) is 31.4. The van der Waals surface area contributed by atoms with Gasteiger partial charge in [-0.3, -0.25) is 9.36 Å². The highest BCUT2D eigenvalue weighted by atomic mass is 79.9. The lowest BCUT2D eigenvalue weighted by Crippen LogP contribution is -2.39. The first-order valence-electron chi connectivity index (χ1n) is 13.6. The minimum atomic E-state index is -0.793. The van der Waals surface area contributed by atoms with Crippen LogP contribution in [-0.4, -0.2) is 30.9 Å². The standard InChI is InChI=1S/C32H27Br3N2O6S/c1-4-41-25-11-8-19(13-26(25)42-5-2)28-23(31(39)40-3)16-36-32-37(28)30(38)27(44-32)14-20-12-22(34)15-24(35)29(20)43-17-18-6-9-21(33)10-7-18/h6-16,28H,4-5,17H2,1-3H3/b27-14+/t28-/m1/s1. The number of carbonyl (C=O) groups excluding carboxylic acids is 1. The molecule has 3 aromatic carbocycles. The number of carbonyl (C=O) groups is 1. The third kappa shape index (κ3) is 6.88. The van der Waals surface area contributed by atoms with Gasteiger partial charge in [0.15, 0.2) is 16.3 Å². The predicted octanol–water partition coefficient (Wildman–Crippen LogP) is 6.68. The Morgan fingerprint density at radius 3 is 2.39 bits per heavy atom. The second kappa shape index (κ2) is 14.3. The summed E-state index contributed by atoms with van der Waals surface area (Å²) in [6, 6.07) is 16.2. The van der Waals surface area contributed by atoms with E-state index in [-0.39, 0.29) is 11.1 Å². The molecule has 0 unspecified atom stereocenters. The molecule has 0 amide bonds. The molecule has 1 aliphatic heterocycles. The van der Waals surface area contributed by atoms with Crippen LogP contribution in [0.15, 0.2) is 89.6 Å². The fraction of sp³-hybridized carbons (Fsp3) is 0.219. The molecule has 0 aliphatic carbocycles. The Balaban J connectivity index is 1.62. The molecule has 4 aromatic rings. The number of ether oxygens (including phenoxy) is 4. The lowest BCUT2D eigenvalue weighted by atomic mass is 9.97. The molecular formula is C32H27Br3N2O6S. The molecule has 0 spiro atoms. The number of aromatic nitrogens is 1. The lowest BCUT2D eigenvalue weighted by Gasteiger charge is -2.23. The first-order valence-corrected chi connectivity index (χ1v) is 16.8. The van der Waals surface area contributed by atoms with Crippen molar-refractivity contribution >= 4 is 71.2 Å². The summed E-state index contributed by atoms with van der Waals surface area (Å²) in [4.78, 5) is 31.9. The van der Waals surface area contributed by atoms with Crippen molar-refractivity contribution in [2.45, 2.75) is 26.5 Å². The predicted molar refractivity (Wildman–Crippen MR) is 180 cm³/mol. The highest BCUT2D eigenvalue weighted by Gasteiger charge is 2.31. The first-order chi connectivity index (χ1) is 21.2. The molecule has 8 nitrogen and oxygen atoms in total. The number of fused-ring (bicyclic) bond motifs is 1. The van der Waals surface area contributed by atoms with Crippen LogP contribution in [0.4, 0.5) is 0 Å². The van der Waals surface area contributed by atoms with Crippen LogP contribution in [0.3, 0.4) is 0 Å². The highest BCUT2D eigenvalue weighted by Crippen LogP contribution is 2.36. The van der Waals surface area contributed by atoms with Gasteiger partial charge in [-0.25, -0.2) is 9.79 Å². The molecule has 2 heterocycles. The number of hydrogen-bond acceptors (Lipinski definition) is 8. The van der Waals surface area contributed by atoms with Crippen LogP contribution >= 0.6 is 59.1 Å². The summed E-state index contributed by atoms with van der Waals surface area (Å²) < 4.78 is 27.4. The minimum Gasteiger partial charge on any atom is -0.490 e. The van der Waals surface area contributed by atoms with Gasteiger partial charge in [-0.2, -0.15) is 0 Å². The fourth-order valence-corrected chi connectivity index (χ4v) is 7.30. The van der Waals surface area contributed by atoms with Crippen LogP contribution in [0, 0.1) is 0 Å². The second-order valence-corrected chi connectivity index (χ2v) is 13.2. The van der Waals surface area contributed by atoms with E-state index in [1.54, 1.807) is 18.2 Å². The van der Waals surface area contributed by atoms with Gasteiger partial charge in [0, 0.05) is 20.7 Å². The molecule has 1 aliphatic rings. The second-order valence-electron chi connectivity index (χ2n) is 9.47. The summed E-state index contributed by atoms with van der Waals surface area (Å²) in [6.07, 6.45) is 3.24. The Bertz CT molecular complexity index is 1920. The lowest BCUT2D eigenvalue weighted by molar-refractivity contribution is -0.136. The van der Waals surface area contributed by atoms with Crippen LogP contribution in [0.25, 0.3) is 6.08 Å². The Hall–Kier alpha value is -3.19. The van der Waals surface area contributed by atoms with Crippen LogP contribution in [0.5, 0.6) is 17.2 Å². The van der Waals surface area contributed by atoms with Gasteiger partial charge in [0.05, 0.1) is 40.9 Å². The van der Waals surface area contributed by atoms with Gasteiger partial charge < -0.3 is 18.9 Å². The van der Waals surface area contributed by atoms with Crippen LogP contribution in [-0.2, 0) is 16.1 Å². The topological polar surface area (TPSA) is 88.4 Å². The Kier molecular flexibility index (Phi) is 10.5. The van der Waals surface area contributed by atoms with Gasteiger partial charge in [-0.1, -0.05) is 61.4 Å². The van der Waals surface area contributed by atoms with E-state index in [2.05, 4.69) is 52.8 Å². The molecule has 12 heteroatoms. The van der Waals surface area contributed by atoms with Crippen LogP contribution in [0.1, 0.15) is 36.6 Å². The number of thiazole rings is 1. The summed E-state index contributed by atoms with van der Waals surface area (Å²) in [5.74, 6) is 1.09. The van der Waals surface area contributed by atoms with Gasteiger partial charge in [0.2, 0.25) is 0 Å². The fourth-order valence-electron chi connectivity index (χ4n) is 4.70. The quantitative estimate of drug-likeness (QED) is 0.166. The average molecular weight is 807 g/mol. The van der Waals surface area contributed by atoms with Gasteiger partial charge in [-0.05, 0) is 83.4 Å². The molecule has 0 fully saturated rings. The minimum absolute atomic E-state index is 0.224. The molecule has 228 valence electrons. The maximum Gasteiger partial charge on any atom is 0.337 e. The monoisotopic (exact) mass is 804 g/mol. The van der Waals surface area contributed by atoms with Crippen LogP contribution in [0.2, 0.25) is 0 Å². The molecule has 0 bridgehead atoms. The summed E-state index contributed by atoms with van der Waals surface area (Å²) in [7, 11) is 1.30. The molecule has 1 atom stereocenters. The van der Waals surface area contributed by atoms with Gasteiger partial charge >= 0.3 is 5.97 Å². The maximum absolute atomic E-state index is 14.1. The summed E-state index contributed by atoms with van der Waals surface area (Å²) in [5, 5.41) is 0. The largest absolute Gasteiger partial charge is 0.490 e. The van der Waals surface area contributed by atoms with E-state index in [0.717, 1.165) is 19.0 Å². The van der Waals surface area contributed by atoms with Crippen LogP contribution < -0.4 is 29.1 Å². The maximum atomic E-state index is 14.1. The van der Waals surface area contributed by atoms with Crippen molar-refractivity contribution in [3.8, 4) is 17.2 Å². The zero-order valence-corrected chi connectivity index (χ0v) is 29.5. The van der Waals surface area contributed by atoms with E-state index in [0.29, 0.717) is 57.5 Å². The zero-order valence-electron chi connectivity index (χ0n) is 23.9. The number of nitrogens with zero attached hydrogens (tertiary/aromatic N) is 2. The molecule has 0 radical (unpaired) electrons.